The van der Waals surface area contributed by atoms with Crippen molar-refractivity contribution < 1.29 is 31.1 Å². The van der Waals surface area contributed by atoms with Crippen LogP contribution in [0.5, 0.6) is 0 Å². The zero-order chi connectivity index (χ0) is 17.4. The first-order valence-electron chi connectivity index (χ1n) is 6.81. The maximum atomic E-state index is 12.8. The fourth-order valence-electron chi connectivity index (χ4n) is 2.47. The van der Waals surface area contributed by atoms with Crippen molar-refractivity contribution in [1.29, 1.82) is 0 Å². The van der Waals surface area contributed by atoms with E-state index in [0.717, 1.165) is 0 Å². The summed E-state index contributed by atoms with van der Waals surface area (Å²) in [5.74, 6) is -0.843. The molecule has 0 bridgehead atoms. The molecule has 0 radical (unpaired) electrons. The number of carbonyl (C=O) groups excluding carboxylic acids is 1. The summed E-state index contributed by atoms with van der Waals surface area (Å²) in [4.78, 5) is 13.4. The van der Waals surface area contributed by atoms with Crippen LogP contribution in [0.25, 0.3) is 0 Å². The minimum Gasteiger partial charge on any atom is -0.338 e. The Labute approximate surface area is 128 Å². The smallest absolute Gasteiger partial charge is 0.338 e. The summed E-state index contributed by atoms with van der Waals surface area (Å²) in [6, 6.07) is 0.907. The van der Waals surface area contributed by atoms with Gasteiger partial charge in [-0.05, 0) is 37.1 Å². The molecule has 9 heteroatoms. The molecule has 1 aromatic rings. The van der Waals surface area contributed by atoms with Gasteiger partial charge in [0.2, 0.25) is 0 Å². The number of nitrogens with zero attached hydrogens (tertiary/aromatic N) is 1. The molecule has 1 fully saturated rings. The van der Waals surface area contributed by atoms with Gasteiger partial charge in [0.05, 0.1) is 11.1 Å². The number of hydrogen-bond donors (Lipinski definition) is 1. The van der Waals surface area contributed by atoms with Crippen molar-refractivity contribution in [3.8, 4) is 0 Å². The third-order valence-corrected chi connectivity index (χ3v) is 3.74. The van der Waals surface area contributed by atoms with Crippen LogP contribution in [-0.4, -0.2) is 30.4 Å². The number of alkyl halides is 6. The van der Waals surface area contributed by atoms with Crippen LogP contribution in [0.4, 0.5) is 26.3 Å². The lowest BCUT2D eigenvalue weighted by atomic mass is 10.0. The molecule has 0 aliphatic carbocycles. The standard InChI is InChI=1S/C14H14F6N2O/c15-13(16,17)10-3-9(4-11(5-10)14(18,19)20)12(23)22-2-1-8(6-21)7-22/h3-5,8H,1-2,6-7,21H2. The fourth-order valence-corrected chi connectivity index (χ4v) is 2.47. The first kappa shape index (κ1) is 17.6. The average Bonchev–Trinajstić information content (AvgIpc) is 2.93. The van der Waals surface area contributed by atoms with E-state index in [9.17, 15) is 31.1 Å². The highest BCUT2D eigenvalue weighted by Crippen LogP contribution is 2.36. The Bertz CT molecular complexity index is 564. The first-order chi connectivity index (χ1) is 10.5. The summed E-state index contributed by atoms with van der Waals surface area (Å²) in [5, 5.41) is 0. The molecule has 3 nitrogen and oxygen atoms in total. The predicted molar refractivity (Wildman–Crippen MR) is 69.5 cm³/mol. The van der Waals surface area contributed by atoms with Crippen LogP contribution in [-0.2, 0) is 12.4 Å². The highest BCUT2D eigenvalue weighted by Gasteiger charge is 2.38. The van der Waals surface area contributed by atoms with Crippen LogP contribution < -0.4 is 5.73 Å². The van der Waals surface area contributed by atoms with Crippen molar-refractivity contribution in [2.24, 2.45) is 11.7 Å². The number of likely N-dealkylation sites (tertiary alicyclic amines) is 1. The maximum absolute atomic E-state index is 12.8. The third kappa shape index (κ3) is 3.95. The fraction of sp³-hybridized carbons (Fsp3) is 0.500. The molecule has 1 heterocycles. The van der Waals surface area contributed by atoms with Crippen LogP contribution in [0, 0.1) is 5.92 Å². The molecular weight excluding hydrogens is 326 g/mol. The number of carbonyl (C=O) groups is 1. The topological polar surface area (TPSA) is 46.3 Å². The molecule has 128 valence electrons. The van der Waals surface area contributed by atoms with Gasteiger partial charge in [-0.3, -0.25) is 4.79 Å². The average molecular weight is 340 g/mol. The second-order valence-corrected chi connectivity index (χ2v) is 5.44. The second-order valence-electron chi connectivity index (χ2n) is 5.44. The largest absolute Gasteiger partial charge is 0.416 e. The summed E-state index contributed by atoms with van der Waals surface area (Å²) in [7, 11) is 0. The van der Waals surface area contributed by atoms with Crippen molar-refractivity contribution in [3.05, 3.63) is 34.9 Å². The van der Waals surface area contributed by atoms with Gasteiger partial charge in [0.1, 0.15) is 0 Å². The normalized spacial score (nSPS) is 19.3. The lowest BCUT2D eigenvalue weighted by Gasteiger charge is -2.19. The van der Waals surface area contributed by atoms with E-state index in [1.54, 1.807) is 0 Å². The van der Waals surface area contributed by atoms with E-state index in [1.807, 2.05) is 0 Å². The number of nitrogens with two attached hydrogens (primary N) is 1. The molecule has 1 aliphatic rings. The third-order valence-electron chi connectivity index (χ3n) is 3.74. The molecule has 0 spiro atoms. The summed E-state index contributed by atoms with van der Waals surface area (Å²) in [6.45, 7) is 0.797. The summed E-state index contributed by atoms with van der Waals surface area (Å²) in [5.41, 5.74) is 1.85. The first-order valence-corrected chi connectivity index (χ1v) is 6.81. The Morgan fingerprint density at radius 1 is 1.09 bits per heavy atom. The number of benzene rings is 1. The van der Waals surface area contributed by atoms with E-state index in [2.05, 4.69) is 0 Å². The molecule has 0 saturated carbocycles. The predicted octanol–water partition coefficient (Wildman–Crippen LogP) is 3.15. The van der Waals surface area contributed by atoms with E-state index in [4.69, 9.17) is 5.73 Å². The number of hydrogen-bond acceptors (Lipinski definition) is 2. The lowest BCUT2D eigenvalue weighted by molar-refractivity contribution is -0.143. The van der Waals surface area contributed by atoms with Crippen molar-refractivity contribution in [2.75, 3.05) is 19.6 Å². The van der Waals surface area contributed by atoms with E-state index < -0.39 is 35.0 Å². The van der Waals surface area contributed by atoms with Gasteiger partial charge in [-0.1, -0.05) is 0 Å². The molecule has 23 heavy (non-hydrogen) atoms. The van der Waals surface area contributed by atoms with E-state index in [0.29, 0.717) is 25.1 Å². The molecule has 2 rings (SSSR count). The van der Waals surface area contributed by atoms with Crippen LogP contribution in [0.1, 0.15) is 27.9 Å². The number of rotatable bonds is 2. The van der Waals surface area contributed by atoms with Gasteiger partial charge in [-0.2, -0.15) is 26.3 Å². The van der Waals surface area contributed by atoms with Gasteiger partial charge in [0, 0.05) is 18.7 Å². The summed E-state index contributed by atoms with van der Waals surface area (Å²) < 4.78 is 76.7. The van der Waals surface area contributed by atoms with Crippen molar-refractivity contribution >= 4 is 5.91 Å². The van der Waals surface area contributed by atoms with Gasteiger partial charge in [-0.15, -0.1) is 0 Å². The Morgan fingerprint density at radius 2 is 1.61 bits per heavy atom. The molecule has 1 amide bonds. The molecule has 1 aromatic carbocycles. The highest BCUT2D eigenvalue weighted by atomic mass is 19.4. The molecule has 1 unspecified atom stereocenters. The van der Waals surface area contributed by atoms with E-state index in [1.165, 1.54) is 4.90 Å². The van der Waals surface area contributed by atoms with Crippen LogP contribution in [0.2, 0.25) is 0 Å². The highest BCUT2D eigenvalue weighted by molar-refractivity contribution is 5.95. The monoisotopic (exact) mass is 340 g/mol. The van der Waals surface area contributed by atoms with E-state index >= 15 is 0 Å². The quantitative estimate of drug-likeness (QED) is 0.841. The van der Waals surface area contributed by atoms with Gasteiger partial charge in [-0.25, -0.2) is 0 Å². The molecule has 1 aliphatic heterocycles. The molecular formula is C14H14F6N2O. The van der Waals surface area contributed by atoms with Gasteiger partial charge >= 0.3 is 12.4 Å². The van der Waals surface area contributed by atoms with Crippen LogP contribution >= 0.6 is 0 Å². The van der Waals surface area contributed by atoms with Crippen molar-refractivity contribution in [3.63, 3.8) is 0 Å². The lowest BCUT2D eigenvalue weighted by Crippen LogP contribution is -2.30. The maximum Gasteiger partial charge on any atom is 0.416 e. The summed E-state index contributed by atoms with van der Waals surface area (Å²) in [6.07, 6.45) is -9.37. The molecule has 1 saturated heterocycles. The van der Waals surface area contributed by atoms with Crippen molar-refractivity contribution in [2.45, 2.75) is 18.8 Å². The second kappa shape index (κ2) is 6.03. The Hall–Kier alpha value is -1.77. The number of halogens is 6. The molecule has 2 N–H and O–H groups in total. The molecule has 0 aromatic heterocycles. The van der Waals surface area contributed by atoms with Gasteiger partial charge in [0.25, 0.3) is 5.91 Å². The van der Waals surface area contributed by atoms with Gasteiger partial charge < -0.3 is 10.6 Å². The van der Waals surface area contributed by atoms with Crippen LogP contribution in [0.15, 0.2) is 18.2 Å². The van der Waals surface area contributed by atoms with Gasteiger partial charge in [0.15, 0.2) is 0 Å². The SMILES string of the molecule is NCC1CCN(C(=O)c2cc(C(F)(F)F)cc(C(F)(F)F)c2)C1. The minimum absolute atomic E-state index is 0.00342. The Balaban J connectivity index is 2.39. The van der Waals surface area contributed by atoms with E-state index in [-0.39, 0.29) is 25.1 Å². The van der Waals surface area contributed by atoms with Crippen molar-refractivity contribution in [1.82, 2.24) is 4.90 Å². The summed E-state index contributed by atoms with van der Waals surface area (Å²) >= 11 is 0. The Kier molecular flexibility index (Phi) is 4.61. The number of amides is 1. The molecule has 1 atom stereocenters. The zero-order valence-corrected chi connectivity index (χ0v) is 11.8. The Morgan fingerprint density at radius 3 is 2.00 bits per heavy atom. The minimum atomic E-state index is -4.97. The zero-order valence-electron chi connectivity index (χ0n) is 11.8. The van der Waals surface area contributed by atoms with Crippen LogP contribution in [0.3, 0.4) is 0 Å².